The van der Waals surface area contributed by atoms with Crippen LogP contribution in [0.25, 0.3) is 0 Å². The Balaban J connectivity index is 1.84. The van der Waals surface area contributed by atoms with Crippen molar-refractivity contribution in [3.05, 3.63) is 58.6 Å². The second kappa shape index (κ2) is 7.06. The van der Waals surface area contributed by atoms with Crippen LogP contribution in [0.3, 0.4) is 0 Å². The summed E-state index contributed by atoms with van der Waals surface area (Å²) in [5, 5.41) is 14.6. The number of benzene rings is 2. The van der Waals surface area contributed by atoms with Gasteiger partial charge in [-0.1, -0.05) is 17.7 Å². The number of hydrogen-bond acceptors (Lipinski definition) is 5. The summed E-state index contributed by atoms with van der Waals surface area (Å²) in [6, 6.07) is 6.57. The van der Waals surface area contributed by atoms with Gasteiger partial charge in [0, 0.05) is 10.6 Å². The molecule has 158 valence electrons. The second-order valence-corrected chi connectivity index (χ2v) is 7.24. The highest BCUT2D eigenvalue weighted by Crippen LogP contribution is 2.45. The Morgan fingerprint density at radius 1 is 1.13 bits per heavy atom. The fourth-order valence-corrected chi connectivity index (χ4v) is 3.64. The summed E-state index contributed by atoms with van der Waals surface area (Å²) < 4.78 is 52.1. The molecule has 30 heavy (non-hydrogen) atoms. The molecule has 0 spiro atoms. The maximum Gasteiger partial charge on any atom is 0.437 e. The van der Waals surface area contributed by atoms with Gasteiger partial charge in [0.1, 0.15) is 5.92 Å². The van der Waals surface area contributed by atoms with E-state index in [0.717, 1.165) is 0 Å². The van der Waals surface area contributed by atoms with Crippen LogP contribution >= 0.6 is 11.6 Å². The normalized spacial score (nSPS) is 25.4. The lowest BCUT2D eigenvalue weighted by atomic mass is 9.77. The number of carbonyl (C=O) groups is 2. The minimum atomic E-state index is -5.34. The van der Waals surface area contributed by atoms with Gasteiger partial charge in [-0.3, -0.25) is 4.79 Å². The fraction of sp³-hybridized carbons (Fsp3) is 0.263. The Morgan fingerprint density at radius 3 is 2.47 bits per heavy atom. The van der Waals surface area contributed by atoms with E-state index in [9.17, 15) is 27.9 Å². The molecule has 2 amide bonds. The van der Waals surface area contributed by atoms with Crippen molar-refractivity contribution in [3.8, 4) is 11.5 Å². The summed E-state index contributed by atoms with van der Waals surface area (Å²) in [7, 11) is 0. The number of ketones is 1. The first-order chi connectivity index (χ1) is 14.1. The third kappa shape index (κ3) is 3.31. The number of Topliss-reactive ketones (excluding diaryl/α,β-unsaturated/α-hetero) is 1. The molecule has 2 aliphatic rings. The molecule has 3 N–H and O–H groups in total. The average molecular weight is 443 g/mol. The summed E-state index contributed by atoms with van der Waals surface area (Å²) in [5.41, 5.74) is -3.80. The zero-order chi connectivity index (χ0) is 21.7. The molecule has 1 saturated heterocycles. The van der Waals surface area contributed by atoms with Crippen LogP contribution in [0, 0.1) is 5.92 Å². The quantitative estimate of drug-likeness (QED) is 0.634. The third-order valence-corrected chi connectivity index (χ3v) is 5.23. The maximum absolute atomic E-state index is 13.9. The van der Waals surface area contributed by atoms with Gasteiger partial charge in [0.15, 0.2) is 17.3 Å². The standard InChI is InChI=1S/C19H14ClF3N2O5/c20-11-4-1-9(2-5-11)16(26)14-15(10-3-6-12-13(7-10)30-8-29-12)24-17(27)25-18(14,28)19(21,22)23/h1-7,14-15,28H,8H2,(H2,24,25,27)/t14-,15-,18+/m0/s1. The lowest BCUT2D eigenvalue weighted by molar-refractivity contribution is -0.287. The van der Waals surface area contributed by atoms with Crippen molar-refractivity contribution in [2.45, 2.75) is 17.9 Å². The minimum Gasteiger partial charge on any atom is -0.454 e. The number of urea groups is 1. The van der Waals surface area contributed by atoms with Crippen LogP contribution in [0.4, 0.5) is 18.0 Å². The maximum atomic E-state index is 13.9. The van der Waals surface area contributed by atoms with Gasteiger partial charge in [-0.2, -0.15) is 13.2 Å². The molecule has 0 saturated carbocycles. The lowest BCUT2D eigenvalue weighted by Crippen LogP contribution is -2.72. The van der Waals surface area contributed by atoms with Gasteiger partial charge in [-0.25, -0.2) is 4.79 Å². The van der Waals surface area contributed by atoms with Gasteiger partial charge in [-0.15, -0.1) is 0 Å². The van der Waals surface area contributed by atoms with Gasteiger partial charge < -0.3 is 25.2 Å². The van der Waals surface area contributed by atoms with E-state index in [-0.39, 0.29) is 28.7 Å². The van der Waals surface area contributed by atoms with Crippen LogP contribution in [0.5, 0.6) is 11.5 Å². The second-order valence-electron chi connectivity index (χ2n) is 6.80. The zero-order valence-electron chi connectivity index (χ0n) is 15.0. The largest absolute Gasteiger partial charge is 0.454 e. The predicted octanol–water partition coefficient (Wildman–Crippen LogP) is 3.17. The molecule has 2 heterocycles. The number of fused-ring (bicyclic) bond motifs is 1. The predicted molar refractivity (Wildman–Crippen MR) is 97.3 cm³/mol. The number of carbonyl (C=O) groups excluding carboxylic acids is 2. The van der Waals surface area contributed by atoms with Gasteiger partial charge in [0.05, 0.1) is 6.04 Å². The summed E-state index contributed by atoms with van der Waals surface area (Å²) in [6.45, 7) is -0.0724. The summed E-state index contributed by atoms with van der Waals surface area (Å²) in [4.78, 5) is 25.2. The molecular formula is C19H14ClF3N2O5. The number of nitrogens with one attached hydrogen (secondary N) is 2. The number of alkyl halides is 3. The summed E-state index contributed by atoms with van der Waals surface area (Å²) in [5.74, 6) is -2.57. The van der Waals surface area contributed by atoms with Crippen LogP contribution < -0.4 is 20.1 Å². The van der Waals surface area contributed by atoms with E-state index in [1.165, 1.54) is 47.8 Å². The van der Waals surface area contributed by atoms with E-state index in [0.29, 0.717) is 5.75 Å². The first kappa shape index (κ1) is 20.3. The Kier molecular flexibility index (Phi) is 4.78. The highest BCUT2D eigenvalue weighted by Gasteiger charge is 2.66. The van der Waals surface area contributed by atoms with Crippen LogP contribution in [-0.2, 0) is 0 Å². The van der Waals surface area contributed by atoms with Gasteiger partial charge >= 0.3 is 12.2 Å². The van der Waals surface area contributed by atoms with Gasteiger partial charge in [0.2, 0.25) is 12.5 Å². The monoisotopic (exact) mass is 442 g/mol. The van der Waals surface area contributed by atoms with Crippen molar-refractivity contribution in [2.24, 2.45) is 5.92 Å². The third-order valence-electron chi connectivity index (χ3n) is 4.97. The van der Waals surface area contributed by atoms with E-state index in [4.69, 9.17) is 21.1 Å². The number of hydrogen-bond donors (Lipinski definition) is 3. The molecule has 0 aromatic heterocycles. The smallest absolute Gasteiger partial charge is 0.437 e. The van der Waals surface area contributed by atoms with Gasteiger partial charge in [0.25, 0.3) is 0 Å². The van der Waals surface area contributed by atoms with Crippen molar-refractivity contribution in [3.63, 3.8) is 0 Å². The summed E-state index contributed by atoms with van der Waals surface area (Å²) >= 11 is 5.79. The van der Waals surface area contributed by atoms with Crippen molar-refractivity contribution in [1.29, 1.82) is 0 Å². The molecule has 0 bridgehead atoms. The Labute approximate surface area is 172 Å². The molecule has 1 fully saturated rings. The molecule has 7 nitrogen and oxygen atoms in total. The first-order valence-corrected chi connectivity index (χ1v) is 9.05. The van der Waals surface area contributed by atoms with Crippen molar-refractivity contribution >= 4 is 23.4 Å². The van der Waals surface area contributed by atoms with E-state index in [1.807, 2.05) is 0 Å². The van der Waals surface area contributed by atoms with Crippen LogP contribution in [0.2, 0.25) is 5.02 Å². The number of aliphatic hydroxyl groups is 1. The number of rotatable bonds is 3. The molecule has 11 heteroatoms. The zero-order valence-corrected chi connectivity index (χ0v) is 15.8. The molecule has 3 atom stereocenters. The topological polar surface area (TPSA) is 96.9 Å². The Bertz CT molecular complexity index is 1010. The molecule has 4 rings (SSSR count). The van der Waals surface area contributed by atoms with Crippen LogP contribution in [0.15, 0.2) is 42.5 Å². The molecule has 0 unspecified atom stereocenters. The minimum absolute atomic E-state index is 0.0724. The summed E-state index contributed by atoms with van der Waals surface area (Å²) in [6.07, 6.45) is -5.34. The highest BCUT2D eigenvalue weighted by molar-refractivity contribution is 6.30. The van der Waals surface area contributed by atoms with Crippen LogP contribution in [-0.4, -0.2) is 35.6 Å². The lowest BCUT2D eigenvalue weighted by Gasteiger charge is -2.45. The molecular weight excluding hydrogens is 429 g/mol. The first-order valence-electron chi connectivity index (χ1n) is 8.67. The Hall–Kier alpha value is -2.98. The fourth-order valence-electron chi connectivity index (χ4n) is 3.52. The van der Waals surface area contributed by atoms with Crippen molar-refractivity contribution in [2.75, 3.05) is 6.79 Å². The number of ether oxygens (including phenoxy) is 2. The SMILES string of the molecule is O=C1N[C@@H](c2ccc3c(c2)OCO3)[C@@H](C(=O)c2ccc(Cl)cc2)[C@@](O)(C(F)(F)F)N1. The van der Waals surface area contributed by atoms with Gasteiger partial charge in [-0.05, 0) is 42.0 Å². The van der Waals surface area contributed by atoms with E-state index in [2.05, 4.69) is 5.32 Å². The molecule has 0 aliphatic carbocycles. The van der Waals surface area contributed by atoms with Crippen molar-refractivity contribution in [1.82, 2.24) is 10.6 Å². The van der Waals surface area contributed by atoms with Crippen LogP contribution in [0.1, 0.15) is 22.0 Å². The molecule has 0 radical (unpaired) electrons. The number of halogens is 4. The highest BCUT2D eigenvalue weighted by atomic mass is 35.5. The Morgan fingerprint density at radius 2 is 1.80 bits per heavy atom. The molecule has 2 aliphatic heterocycles. The molecule has 2 aromatic carbocycles. The van der Waals surface area contributed by atoms with Crippen molar-refractivity contribution < 1.29 is 37.3 Å². The molecule has 2 aromatic rings. The van der Waals surface area contributed by atoms with E-state index in [1.54, 1.807) is 0 Å². The van der Waals surface area contributed by atoms with E-state index >= 15 is 0 Å². The van der Waals surface area contributed by atoms with E-state index < -0.39 is 35.7 Å². The average Bonchev–Trinajstić information content (AvgIpc) is 3.14. The number of amides is 2.